The van der Waals surface area contributed by atoms with Crippen LogP contribution in [0.4, 0.5) is 0 Å². The van der Waals surface area contributed by atoms with Crippen molar-refractivity contribution in [2.45, 2.75) is 39.5 Å². The van der Waals surface area contributed by atoms with Crippen LogP contribution < -0.4 is 5.73 Å². The Labute approximate surface area is 109 Å². The number of thioether (sulfide) groups is 2. The van der Waals surface area contributed by atoms with Gasteiger partial charge in [0.1, 0.15) is 0 Å². The van der Waals surface area contributed by atoms with Gasteiger partial charge in [-0.25, -0.2) is 0 Å². The molecule has 0 bridgehead atoms. The van der Waals surface area contributed by atoms with Gasteiger partial charge in [0.2, 0.25) is 5.91 Å². The first kappa shape index (κ1) is 16.2. The summed E-state index contributed by atoms with van der Waals surface area (Å²) in [6, 6.07) is 0. The SMILES string of the molecule is CCCC(CSCCCCSCC)C(N)=O. The predicted molar refractivity (Wildman–Crippen MR) is 77.2 cm³/mol. The van der Waals surface area contributed by atoms with Crippen LogP contribution in [-0.2, 0) is 4.79 Å². The van der Waals surface area contributed by atoms with E-state index in [4.69, 9.17) is 5.73 Å². The topological polar surface area (TPSA) is 43.1 Å². The molecule has 2 N–H and O–H groups in total. The monoisotopic (exact) mass is 263 g/mol. The van der Waals surface area contributed by atoms with Gasteiger partial charge in [0.05, 0.1) is 0 Å². The zero-order valence-electron chi connectivity index (χ0n) is 10.5. The molecule has 0 saturated carbocycles. The summed E-state index contributed by atoms with van der Waals surface area (Å²) in [5.41, 5.74) is 5.35. The van der Waals surface area contributed by atoms with Gasteiger partial charge in [-0.05, 0) is 36.5 Å². The van der Waals surface area contributed by atoms with E-state index in [1.165, 1.54) is 24.3 Å². The van der Waals surface area contributed by atoms with Gasteiger partial charge in [0.25, 0.3) is 0 Å². The Morgan fingerprint density at radius 3 is 2.31 bits per heavy atom. The van der Waals surface area contributed by atoms with E-state index < -0.39 is 0 Å². The maximum absolute atomic E-state index is 11.1. The standard InChI is InChI=1S/C12H25NOS2/c1-3-7-11(12(13)14)10-16-9-6-5-8-15-4-2/h11H,3-10H2,1-2H3,(H2,13,14). The van der Waals surface area contributed by atoms with Crippen molar-refractivity contribution in [1.82, 2.24) is 0 Å². The average molecular weight is 263 g/mol. The van der Waals surface area contributed by atoms with E-state index >= 15 is 0 Å². The molecule has 0 aliphatic carbocycles. The van der Waals surface area contributed by atoms with E-state index in [-0.39, 0.29) is 11.8 Å². The van der Waals surface area contributed by atoms with Gasteiger partial charge in [0.15, 0.2) is 0 Å². The molecule has 0 heterocycles. The summed E-state index contributed by atoms with van der Waals surface area (Å²) in [6.07, 6.45) is 4.53. The Balaban J connectivity index is 3.37. The number of hydrogen-bond donors (Lipinski definition) is 1. The predicted octanol–water partition coefficient (Wildman–Crippen LogP) is 3.15. The van der Waals surface area contributed by atoms with Crippen molar-refractivity contribution in [3.05, 3.63) is 0 Å². The van der Waals surface area contributed by atoms with E-state index in [1.807, 2.05) is 23.5 Å². The second-order valence-electron chi connectivity index (χ2n) is 3.87. The molecule has 0 saturated heterocycles. The number of hydrogen-bond acceptors (Lipinski definition) is 3. The Bertz CT molecular complexity index is 176. The maximum Gasteiger partial charge on any atom is 0.221 e. The molecule has 0 aromatic heterocycles. The Kier molecular flexibility index (Phi) is 11.8. The molecular formula is C12H25NOS2. The molecular weight excluding hydrogens is 238 g/mol. The number of rotatable bonds is 11. The quantitative estimate of drug-likeness (QED) is 0.582. The third kappa shape index (κ3) is 9.40. The number of amides is 1. The molecule has 0 radical (unpaired) electrons. The van der Waals surface area contributed by atoms with E-state index in [9.17, 15) is 4.79 Å². The number of unbranched alkanes of at least 4 members (excludes halogenated alkanes) is 1. The fourth-order valence-corrected chi connectivity index (χ4v) is 3.32. The zero-order chi connectivity index (χ0) is 12.2. The largest absolute Gasteiger partial charge is 0.369 e. The van der Waals surface area contributed by atoms with E-state index in [0.717, 1.165) is 24.3 Å². The van der Waals surface area contributed by atoms with E-state index in [1.54, 1.807) is 0 Å². The summed E-state index contributed by atoms with van der Waals surface area (Å²) in [6.45, 7) is 4.30. The highest BCUT2D eigenvalue weighted by atomic mass is 32.2. The molecule has 0 aliphatic rings. The van der Waals surface area contributed by atoms with Crippen LogP contribution in [0.1, 0.15) is 39.5 Å². The molecule has 2 nitrogen and oxygen atoms in total. The fraction of sp³-hybridized carbons (Fsp3) is 0.917. The first-order valence-corrected chi connectivity index (χ1v) is 8.48. The average Bonchev–Trinajstić information content (AvgIpc) is 2.26. The van der Waals surface area contributed by atoms with E-state index in [2.05, 4.69) is 13.8 Å². The van der Waals surface area contributed by atoms with Gasteiger partial charge in [-0.3, -0.25) is 4.79 Å². The Morgan fingerprint density at radius 1 is 1.19 bits per heavy atom. The molecule has 0 aliphatic heterocycles. The molecule has 16 heavy (non-hydrogen) atoms. The van der Waals surface area contributed by atoms with Crippen LogP contribution in [0, 0.1) is 5.92 Å². The molecule has 1 atom stereocenters. The molecule has 1 amide bonds. The summed E-state index contributed by atoms with van der Waals surface area (Å²) in [4.78, 5) is 11.1. The third-order valence-corrected chi connectivity index (χ3v) is 4.59. The molecule has 1 unspecified atom stereocenters. The Hall–Kier alpha value is 0.170. The summed E-state index contributed by atoms with van der Waals surface area (Å²) in [5.74, 6) is 4.51. The third-order valence-electron chi connectivity index (χ3n) is 2.39. The van der Waals surface area contributed by atoms with Crippen LogP contribution in [0.5, 0.6) is 0 Å². The lowest BCUT2D eigenvalue weighted by Crippen LogP contribution is -2.25. The second kappa shape index (κ2) is 11.6. The molecule has 0 rings (SSSR count). The van der Waals surface area contributed by atoms with Crippen LogP contribution in [-0.4, -0.2) is 28.9 Å². The summed E-state index contributed by atoms with van der Waals surface area (Å²) >= 11 is 3.88. The molecule has 96 valence electrons. The van der Waals surface area contributed by atoms with Crippen LogP contribution in [0.25, 0.3) is 0 Å². The molecule has 0 aromatic carbocycles. The Morgan fingerprint density at radius 2 is 1.81 bits per heavy atom. The van der Waals surface area contributed by atoms with Gasteiger partial charge < -0.3 is 5.73 Å². The lowest BCUT2D eigenvalue weighted by Gasteiger charge is -2.11. The van der Waals surface area contributed by atoms with Gasteiger partial charge in [0, 0.05) is 11.7 Å². The van der Waals surface area contributed by atoms with Crippen LogP contribution >= 0.6 is 23.5 Å². The van der Waals surface area contributed by atoms with Crippen molar-refractivity contribution in [3.8, 4) is 0 Å². The highest BCUT2D eigenvalue weighted by molar-refractivity contribution is 7.99. The molecule has 0 aromatic rings. The fourth-order valence-electron chi connectivity index (χ4n) is 1.43. The van der Waals surface area contributed by atoms with Crippen LogP contribution in [0.15, 0.2) is 0 Å². The van der Waals surface area contributed by atoms with Gasteiger partial charge in [-0.1, -0.05) is 20.3 Å². The van der Waals surface area contributed by atoms with Crippen molar-refractivity contribution in [1.29, 1.82) is 0 Å². The molecule has 4 heteroatoms. The normalized spacial score (nSPS) is 12.6. The smallest absolute Gasteiger partial charge is 0.221 e. The molecule has 0 spiro atoms. The van der Waals surface area contributed by atoms with Crippen molar-refractivity contribution >= 4 is 29.4 Å². The van der Waals surface area contributed by atoms with Gasteiger partial charge >= 0.3 is 0 Å². The minimum Gasteiger partial charge on any atom is -0.369 e. The van der Waals surface area contributed by atoms with E-state index in [0.29, 0.717) is 0 Å². The lowest BCUT2D eigenvalue weighted by atomic mass is 10.1. The minimum absolute atomic E-state index is 0.0833. The number of primary amides is 1. The lowest BCUT2D eigenvalue weighted by molar-refractivity contribution is -0.121. The zero-order valence-corrected chi connectivity index (χ0v) is 12.2. The van der Waals surface area contributed by atoms with Gasteiger partial charge in [-0.2, -0.15) is 23.5 Å². The van der Waals surface area contributed by atoms with Gasteiger partial charge in [-0.15, -0.1) is 0 Å². The molecule has 0 fully saturated rings. The summed E-state index contributed by atoms with van der Waals surface area (Å²) < 4.78 is 0. The van der Waals surface area contributed by atoms with Crippen molar-refractivity contribution < 1.29 is 4.79 Å². The first-order chi connectivity index (χ1) is 7.72. The number of nitrogens with two attached hydrogens (primary N) is 1. The highest BCUT2D eigenvalue weighted by Gasteiger charge is 2.13. The minimum atomic E-state index is -0.129. The van der Waals surface area contributed by atoms with Crippen LogP contribution in [0.3, 0.4) is 0 Å². The maximum atomic E-state index is 11.1. The summed E-state index contributed by atoms with van der Waals surface area (Å²) in [7, 11) is 0. The van der Waals surface area contributed by atoms with Crippen molar-refractivity contribution in [2.75, 3.05) is 23.0 Å². The second-order valence-corrected chi connectivity index (χ2v) is 6.41. The van der Waals surface area contributed by atoms with Crippen molar-refractivity contribution in [3.63, 3.8) is 0 Å². The highest BCUT2D eigenvalue weighted by Crippen LogP contribution is 2.15. The van der Waals surface area contributed by atoms with Crippen LogP contribution in [0.2, 0.25) is 0 Å². The van der Waals surface area contributed by atoms with Crippen molar-refractivity contribution in [2.24, 2.45) is 11.7 Å². The first-order valence-electron chi connectivity index (χ1n) is 6.17. The summed E-state index contributed by atoms with van der Waals surface area (Å²) in [5, 5.41) is 0. The number of carbonyl (C=O) groups excluding carboxylic acids is 1. The number of carbonyl (C=O) groups is 1.